The Hall–Kier alpha value is -1.24. The molecule has 0 spiro atoms. The zero-order chi connectivity index (χ0) is 13.9. The van der Waals surface area contributed by atoms with E-state index in [-0.39, 0.29) is 18.6 Å². The highest BCUT2D eigenvalue weighted by molar-refractivity contribution is 7.14. The highest BCUT2D eigenvalue weighted by atomic mass is 32.1. The van der Waals surface area contributed by atoms with Gasteiger partial charge in [0.2, 0.25) is 0 Å². The van der Waals surface area contributed by atoms with Crippen LogP contribution in [-0.4, -0.2) is 40.1 Å². The topological polar surface area (TPSA) is 53.4 Å². The maximum atomic E-state index is 12.5. The average Bonchev–Trinajstić information content (AvgIpc) is 3.05. The van der Waals surface area contributed by atoms with Crippen LogP contribution in [0.2, 0.25) is 0 Å². The monoisotopic (exact) mass is 308 g/mol. The third-order valence-corrected chi connectivity index (χ3v) is 5.18. The largest absolute Gasteiger partial charge is 0.395 e. The van der Waals surface area contributed by atoms with Crippen molar-refractivity contribution in [3.8, 4) is 10.6 Å². The molecule has 2 aromatic heterocycles. The molecule has 0 aliphatic heterocycles. The number of carbonyl (C=O) groups excluding carboxylic acids is 1. The molecule has 3 rings (SSSR count). The second-order valence-corrected chi connectivity index (χ2v) is 6.49. The predicted octanol–water partition coefficient (Wildman–Crippen LogP) is 2.86. The van der Waals surface area contributed by atoms with Gasteiger partial charge in [0.25, 0.3) is 5.91 Å². The van der Waals surface area contributed by atoms with Gasteiger partial charge in [0.1, 0.15) is 10.7 Å². The van der Waals surface area contributed by atoms with Crippen LogP contribution < -0.4 is 0 Å². The highest BCUT2D eigenvalue weighted by Crippen LogP contribution is 2.29. The molecule has 0 unspecified atom stereocenters. The molecule has 0 aromatic carbocycles. The molecule has 20 heavy (non-hydrogen) atoms. The van der Waals surface area contributed by atoms with Crippen molar-refractivity contribution in [2.45, 2.75) is 25.3 Å². The SMILES string of the molecule is O=C(c1csc(-c2ccsc2)n1)N(CCO)C1CCC1. The first-order chi connectivity index (χ1) is 9.79. The first-order valence-corrected chi connectivity index (χ1v) is 8.52. The van der Waals surface area contributed by atoms with Gasteiger partial charge in [0, 0.05) is 28.9 Å². The van der Waals surface area contributed by atoms with E-state index in [1.165, 1.54) is 11.3 Å². The first-order valence-electron chi connectivity index (χ1n) is 6.69. The molecule has 0 atom stereocenters. The van der Waals surface area contributed by atoms with Crippen LogP contribution in [0.5, 0.6) is 0 Å². The fraction of sp³-hybridized carbons (Fsp3) is 0.429. The molecule has 1 fully saturated rings. The number of hydrogen-bond acceptors (Lipinski definition) is 5. The Morgan fingerprint density at radius 3 is 2.90 bits per heavy atom. The van der Waals surface area contributed by atoms with Gasteiger partial charge in [-0.15, -0.1) is 11.3 Å². The van der Waals surface area contributed by atoms with Crippen LogP contribution in [0.1, 0.15) is 29.8 Å². The molecule has 1 saturated carbocycles. The molecule has 2 aromatic rings. The Morgan fingerprint density at radius 1 is 1.45 bits per heavy atom. The number of rotatable bonds is 5. The third-order valence-electron chi connectivity index (χ3n) is 3.61. The van der Waals surface area contributed by atoms with Crippen molar-refractivity contribution in [1.29, 1.82) is 0 Å². The normalized spacial score (nSPS) is 15.1. The van der Waals surface area contributed by atoms with Crippen molar-refractivity contribution in [3.63, 3.8) is 0 Å². The number of thiophene rings is 1. The average molecular weight is 308 g/mol. The maximum Gasteiger partial charge on any atom is 0.273 e. The molecule has 2 heterocycles. The van der Waals surface area contributed by atoms with E-state index in [1.807, 2.05) is 22.2 Å². The predicted molar refractivity (Wildman–Crippen MR) is 81.2 cm³/mol. The summed E-state index contributed by atoms with van der Waals surface area (Å²) in [6, 6.07) is 2.29. The lowest BCUT2D eigenvalue weighted by Gasteiger charge is -2.36. The molecule has 106 valence electrons. The van der Waals surface area contributed by atoms with Gasteiger partial charge >= 0.3 is 0 Å². The summed E-state index contributed by atoms with van der Waals surface area (Å²) >= 11 is 3.12. The summed E-state index contributed by atoms with van der Waals surface area (Å²) in [5.74, 6) is -0.0542. The number of hydrogen-bond donors (Lipinski definition) is 1. The fourth-order valence-corrected chi connectivity index (χ4v) is 3.80. The van der Waals surface area contributed by atoms with Gasteiger partial charge in [-0.2, -0.15) is 11.3 Å². The highest BCUT2D eigenvalue weighted by Gasteiger charge is 2.30. The number of nitrogens with zero attached hydrogens (tertiary/aromatic N) is 2. The minimum absolute atomic E-state index is 0.00373. The molecule has 1 amide bonds. The summed E-state index contributed by atoms with van der Waals surface area (Å²) in [5, 5.41) is 15.9. The van der Waals surface area contributed by atoms with Crippen molar-refractivity contribution in [1.82, 2.24) is 9.88 Å². The first kappa shape index (κ1) is 13.7. The van der Waals surface area contributed by atoms with Crippen LogP contribution in [-0.2, 0) is 0 Å². The van der Waals surface area contributed by atoms with Gasteiger partial charge in [0.15, 0.2) is 0 Å². The van der Waals surface area contributed by atoms with E-state index < -0.39 is 0 Å². The summed E-state index contributed by atoms with van der Waals surface area (Å²) in [5.41, 5.74) is 1.56. The number of aliphatic hydroxyl groups excluding tert-OH is 1. The minimum atomic E-state index is -0.0542. The van der Waals surface area contributed by atoms with Crippen molar-refractivity contribution in [2.75, 3.05) is 13.2 Å². The number of aliphatic hydroxyl groups is 1. The summed E-state index contributed by atoms with van der Waals surface area (Å²) < 4.78 is 0. The minimum Gasteiger partial charge on any atom is -0.395 e. The summed E-state index contributed by atoms with van der Waals surface area (Å²) in [4.78, 5) is 18.7. The summed E-state index contributed by atoms with van der Waals surface area (Å²) in [6.07, 6.45) is 3.23. The molecule has 6 heteroatoms. The van der Waals surface area contributed by atoms with Crippen LogP contribution in [0.3, 0.4) is 0 Å². The van der Waals surface area contributed by atoms with E-state index in [4.69, 9.17) is 5.11 Å². The molecular formula is C14H16N2O2S2. The van der Waals surface area contributed by atoms with Crippen LogP contribution in [0, 0.1) is 0 Å². The fourth-order valence-electron chi connectivity index (χ4n) is 2.29. The summed E-state index contributed by atoms with van der Waals surface area (Å²) in [7, 11) is 0. The lowest BCUT2D eigenvalue weighted by Crippen LogP contribution is -2.45. The lowest BCUT2D eigenvalue weighted by atomic mass is 9.91. The van der Waals surface area contributed by atoms with E-state index >= 15 is 0 Å². The standard InChI is InChI=1S/C14H16N2O2S2/c17-6-5-16(11-2-1-3-11)14(18)12-9-20-13(15-12)10-4-7-19-8-10/h4,7-9,11,17H,1-3,5-6H2. The van der Waals surface area contributed by atoms with Crippen molar-refractivity contribution >= 4 is 28.6 Å². The Balaban J connectivity index is 1.78. The van der Waals surface area contributed by atoms with Crippen molar-refractivity contribution in [3.05, 3.63) is 27.9 Å². The van der Waals surface area contributed by atoms with E-state index in [0.717, 1.165) is 29.8 Å². The van der Waals surface area contributed by atoms with E-state index in [2.05, 4.69) is 4.98 Å². The number of aromatic nitrogens is 1. The van der Waals surface area contributed by atoms with Crippen LogP contribution in [0.15, 0.2) is 22.2 Å². The lowest BCUT2D eigenvalue weighted by molar-refractivity contribution is 0.0521. The van der Waals surface area contributed by atoms with Gasteiger partial charge < -0.3 is 10.0 Å². The van der Waals surface area contributed by atoms with Gasteiger partial charge in [-0.05, 0) is 30.7 Å². The van der Waals surface area contributed by atoms with E-state index in [9.17, 15) is 4.79 Å². The zero-order valence-corrected chi connectivity index (χ0v) is 12.6. The molecule has 1 aliphatic carbocycles. The second-order valence-electron chi connectivity index (χ2n) is 4.86. The molecule has 0 radical (unpaired) electrons. The molecule has 0 bridgehead atoms. The molecule has 1 aliphatic rings. The Morgan fingerprint density at radius 2 is 2.30 bits per heavy atom. The number of amides is 1. The van der Waals surface area contributed by atoms with Gasteiger partial charge in [-0.3, -0.25) is 4.79 Å². The van der Waals surface area contributed by atoms with Crippen LogP contribution in [0.25, 0.3) is 10.6 Å². The van der Waals surface area contributed by atoms with E-state index in [1.54, 1.807) is 16.2 Å². The maximum absolute atomic E-state index is 12.5. The molecular weight excluding hydrogens is 292 g/mol. The van der Waals surface area contributed by atoms with Gasteiger partial charge in [0.05, 0.1) is 6.61 Å². The van der Waals surface area contributed by atoms with Crippen LogP contribution >= 0.6 is 22.7 Å². The van der Waals surface area contributed by atoms with Crippen molar-refractivity contribution < 1.29 is 9.90 Å². The van der Waals surface area contributed by atoms with Gasteiger partial charge in [-0.25, -0.2) is 4.98 Å². The Labute approximate surface area is 125 Å². The zero-order valence-electron chi connectivity index (χ0n) is 11.0. The third kappa shape index (κ3) is 2.63. The molecule has 1 N–H and O–H groups in total. The number of thiazole rings is 1. The van der Waals surface area contributed by atoms with Crippen molar-refractivity contribution in [2.24, 2.45) is 0 Å². The number of carbonyl (C=O) groups is 1. The second kappa shape index (κ2) is 6.03. The van der Waals surface area contributed by atoms with Gasteiger partial charge in [-0.1, -0.05) is 0 Å². The molecule has 0 saturated heterocycles. The van der Waals surface area contributed by atoms with E-state index in [0.29, 0.717) is 12.2 Å². The summed E-state index contributed by atoms with van der Waals surface area (Å²) in [6.45, 7) is 0.401. The quantitative estimate of drug-likeness (QED) is 0.924. The van der Waals surface area contributed by atoms with Crippen LogP contribution in [0.4, 0.5) is 0 Å². The Kier molecular flexibility index (Phi) is 4.14. The smallest absolute Gasteiger partial charge is 0.273 e. The Bertz CT molecular complexity index is 576. The molecule has 4 nitrogen and oxygen atoms in total.